The Hall–Kier alpha value is -3.48. The van der Waals surface area contributed by atoms with Crippen LogP contribution in [0.1, 0.15) is 48.4 Å². The Bertz CT molecular complexity index is 1350. The third-order valence-corrected chi connectivity index (χ3v) is 6.40. The molecular weight excluding hydrogens is 516 g/mol. The number of para-hydroxylation sites is 1. The van der Waals surface area contributed by atoms with Crippen molar-refractivity contribution in [2.45, 2.75) is 38.2 Å². The Kier molecular flexibility index (Phi) is 8.19. The van der Waals surface area contributed by atoms with E-state index in [2.05, 4.69) is 4.72 Å². The molecule has 0 bridgehead atoms. The molecule has 0 aliphatic rings. The Morgan fingerprint density at radius 2 is 1.67 bits per heavy atom. The van der Waals surface area contributed by atoms with Crippen LogP contribution in [0, 0.1) is 0 Å². The van der Waals surface area contributed by atoms with E-state index in [1.54, 1.807) is 20.8 Å². The summed E-state index contributed by atoms with van der Waals surface area (Å²) >= 11 is 6.10. The van der Waals surface area contributed by atoms with E-state index in [0.717, 1.165) is 31.2 Å². The Balaban J connectivity index is 2.53. The number of quaternary nitrogens is 1. The standard InChI is InChI=1S/C23H25ClN2O9S/c1-13(27)34-19-15(21(29)30)8-7-9-17(19)25-36(32,33)18-12-14(10-11-16(18)24)20(28)26(5,6)22(31)35-23(2,3)4/h7-12,25H,1-6H3. The highest BCUT2D eigenvalue weighted by Crippen LogP contribution is 2.33. The van der Waals surface area contributed by atoms with E-state index in [9.17, 15) is 32.7 Å². The van der Waals surface area contributed by atoms with Gasteiger partial charge in [-0.25, -0.2) is 13.2 Å². The van der Waals surface area contributed by atoms with Gasteiger partial charge in [0.15, 0.2) is 5.75 Å². The topological polar surface area (TPSA) is 156 Å². The molecule has 2 aromatic rings. The number of carboxylic acids is 1. The normalized spacial score (nSPS) is 12.0. The highest BCUT2D eigenvalue weighted by atomic mass is 35.5. The maximum atomic E-state index is 13.2. The largest absolute Gasteiger partial charge is 0.545 e. The van der Waals surface area contributed by atoms with E-state index in [1.807, 2.05) is 0 Å². The van der Waals surface area contributed by atoms with Crippen molar-refractivity contribution in [3.63, 3.8) is 0 Å². The number of imide groups is 1. The van der Waals surface area contributed by atoms with Crippen molar-refractivity contribution >= 4 is 51.3 Å². The molecule has 0 saturated carbocycles. The first kappa shape index (κ1) is 28.8. The van der Waals surface area contributed by atoms with Gasteiger partial charge in [0, 0.05) is 12.5 Å². The van der Waals surface area contributed by atoms with Crippen LogP contribution in [0.15, 0.2) is 41.3 Å². The summed E-state index contributed by atoms with van der Waals surface area (Å²) in [6, 6.07) is 6.80. The first-order chi connectivity index (χ1) is 16.4. The lowest BCUT2D eigenvalue weighted by Gasteiger charge is -2.27. The zero-order chi connectivity index (χ0) is 27.6. The molecule has 13 heteroatoms. The lowest BCUT2D eigenvalue weighted by atomic mass is 10.2. The fourth-order valence-corrected chi connectivity index (χ4v) is 4.44. The minimum absolute atomic E-state index is 0.167. The number of anilines is 1. The van der Waals surface area contributed by atoms with Gasteiger partial charge in [-0.1, -0.05) is 17.7 Å². The average molecular weight is 541 g/mol. The summed E-state index contributed by atoms with van der Waals surface area (Å²) in [5.74, 6) is -3.98. The van der Waals surface area contributed by atoms with Gasteiger partial charge in [0.2, 0.25) is 0 Å². The summed E-state index contributed by atoms with van der Waals surface area (Å²) in [5.41, 5.74) is -1.99. The molecule has 0 unspecified atom stereocenters. The van der Waals surface area contributed by atoms with E-state index in [0.29, 0.717) is 0 Å². The molecule has 0 saturated heterocycles. The fraction of sp³-hybridized carbons (Fsp3) is 0.304. The molecule has 2 rings (SSSR count). The quantitative estimate of drug-likeness (QED) is 0.330. The molecule has 0 aliphatic heterocycles. The monoisotopic (exact) mass is 540 g/mol. The van der Waals surface area contributed by atoms with Crippen LogP contribution in [0.25, 0.3) is 0 Å². The predicted molar refractivity (Wildman–Crippen MR) is 127 cm³/mol. The average Bonchev–Trinajstić information content (AvgIpc) is 2.72. The third kappa shape index (κ3) is 6.59. The highest BCUT2D eigenvalue weighted by Gasteiger charge is 2.41. The summed E-state index contributed by atoms with van der Waals surface area (Å²) in [6.45, 7) is 5.90. The molecular formula is C23H25ClN2O9S. The summed E-state index contributed by atoms with van der Waals surface area (Å²) in [5, 5.41) is 11.2. The van der Waals surface area contributed by atoms with Crippen molar-refractivity contribution in [3.05, 3.63) is 52.5 Å². The van der Waals surface area contributed by atoms with Crippen LogP contribution in [0.2, 0.25) is 5.02 Å². The van der Waals surface area contributed by atoms with Crippen LogP contribution in [0.5, 0.6) is 5.75 Å². The molecule has 0 radical (unpaired) electrons. The van der Waals surface area contributed by atoms with Gasteiger partial charge in [-0.05, 0) is 51.1 Å². The number of rotatable bonds is 6. The van der Waals surface area contributed by atoms with Crippen molar-refractivity contribution in [1.82, 2.24) is 0 Å². The van der Waals surface area contributed by atoms with Gasteiger partial charge in [-0.3, -0.25) is 9.52 Å². The molecule has 194 valence electrons. The summed E-state index contributed by atoms with van der Waals surface area (Å²) in [7, 11) is -1.99. The van der Waals surface area contributed by atoms with Gasteiger partial charge in [-0.2, -0.15) is 9.28 Å². The van der Waals surface area contributed by atoms with Crippen LogP contribution in [-0.4, -0.2) is 56.5 Å². The number of ether oxygens (including phenoxy) is 2. The minimum atomic E-state index is -4.56. The Labute approximate surface area is 213 Å². The van der Waals surface area contributed by atoms with Crippen LogP contribution in [-0.2, 0) is 19.6 Å². The van der Waals surface area contributed by atoms with Gasteiger partial charge >= 0.3 is 18.0 Å². The highest BCUT2D eigenvalue weighted by molar-refractivity contribution is 7.92. The lowest BCUT2D eigenvalue weighted by molar-refractivity contribution is -0.732. The second-order valence-electron chi connectivity index (χ2n) is 9.05. The number of hydrogen-bond donors (Lipinski definition) is 1. The number of carboxylic acid groups (broad SMARTS) is 1. The second-order valence-corrected chi connectivity index (χ2v) is 11.1. The van der Waals surface area contributed by atoms with E-state index in [-0.39, 0.29) is 16.3 Å². The zero-order valence-electron chi connectivity index (χ0n) is 20.4. The maximum absolute atomic E-state index is 13.2. The predicted octanol–water partition coefficient (Wildman–Crippen LogP) is 2.58. The second kappa shape index (κ2) is 10.2. The number of benzene rings is 2. The fourth-order valence-electron chi connectivity index (χ4n) is 2.86. The number of carbonyl (C=O) groups is 4. The molecule has 2 aromatic carbocycles. The first-order valence-electron chi connectivity index (χ1n) is 10.3. The maximum Gasteiger partial charge on any atom is 0.524 e. The van der Waals surface area contributed by atoms with Gasteiger partial charge in [0.1, 0.15) is 10.5 Å². The first-order valence-corrected chi connectivity index (χ1v) is 12.2. The zero-order valence-corrected chi connectivity index (χ0v) is 21.9. The number of amides is 2. The number of aromatic carboxylic acids is 1. The number of nitrogens with zero attached hydrogens (tertiary/aromatic N) is 1. The van der Waals surface area contributed by atoms with Crippen molar-refractivity contribution in [3.8, 4) is 5.75 Å². The lowest BCUT2D eigenvalue weighted by Crippen LogP contribution is -2.52. The molecule has 0 aromatic heterocycles. The van der Waals surface area contributed by atoms with Crippen LogP contribution in [0.3, 0.4) is 0 Å². The van der Waals surface area contributed by atoms with Crippen LogP contribution in [0.4, 0.5) is 10.5 Å². The number of esters is 1. The van der Waals surface area contributed by atoms with Crippen molar-refractivity contribution < 1.29 is 46.7 Å². The smallest absolute Gasteiger partial charge is 0.524 e. The van der Waals surface area contributed by atoms with Crippen LogP contribution >= 0.6 is 11.6 Å². The van der Waals surface area contributed by atoms with Crippen molar-refractivity contribution in [2.75, 3.05) is 18.8 Å². The Morgan fingerprint density at radius 1 is 1.06 bits per heavy atom. The summed E-state index contributed by atoms with van der Waals surface area (Å²) < 4.78 is 37.8. The van der Waals surface area contributed by atoms with E-state index < -0.39 is 60.3 Å². The van der Waals surface area contributed by atoms with E-state index in [1.165, 1.54) is 26.2 Å². The molecule has 11 nitrogen and oxygen atoms in total. The van der Waals surface area contributed by atoms with E-state index >= 15 is 0 Å². The molecule has 1 N–H and O–H groups in total. The molecule has 0 aliphatic carbocycles. The molecule has 36 heavy (non-hydrogen) atoms. The van der Waals surface area contributed by atoms with Gasteiger partial charge in [-0.15, -0.1) is 0 Å². The van der Waals surface area contributed by atoms with Crippen LogP contribution < -0.4 is 14.6 Å². The number of carbonyl (C=O) groups excluding carboxylic acids is 4. The van der Waals surface area contributed by atoms with Gasteiger partial charge in [0.25, 0.3) is 10.0 Å². The van der Waals surface area contributed by atoms with Crippen molar-refractivity contribution in [1.29, 1.82) is 0 Å². The van der Waals surface area contributed by atoms with Gasteiger partial charge < -0.3 is 19.4 Å². The summed E-state index contributed by atoms with van der Waals surface area (Å²) in [6.07, 6.45) is -0.866. The van der Waals surface area contributed by atoms with Gasteiger partial charge in [0.05, 0.1) is 36.3 Å². The third-order valence-electron chi connectivity index (χ3n) is 4.55. The molecule has 0 heterocycles. The summed E-state index contributed by atoms with van der Waals surface area (Å²) in [4.78, 5) is 48.0. The number of nitrogens with one attached hydrogen (secondary N) is 1. The number of hydrogen-bond acceptors (Lipinski definition) is 9. The van der Waals surface area contributed by atoms with Crippen molar-refractivity contribution in [2.24, 2.45) is 0 Å². The SMILES string of the molecule is CC(=O)Oc1c(NS(=O)(=O)c2cc(C(=O)[N+](C)(C)C(=O)OC(C)(C)C)ccc2Cl)cccc1C(=O)[O-]. The number of sulfonamides is 1. The molecule has 0 fully saturated rings. The number of halogens is 1. The minimum Gasteiger partial charge on any atom is -0.545 e. The van der Waals surface area contributed by atoms with E-state index in [4.69, 9.17) is 21.1 Å². The Morgan fingerprint density at radius 3 is 2.19 bits per heavy atom. The molecule has 2 amide bonds. The molecule has 0 spiro atoms. The molecule has 0 atom stereocenters.